The number of halogens is 1. The second-order valence-electron chi connectivity index (χ2n) is 5.29. The summed E-state index contributed by atoms with van der Waals surface area (Å²) in [5.74, 6) is 1.19. The number of phenols is 1. The first-order valence-corrected chi connectivity index (χ1v) is 7.27. The van der Waals surface area contributed by atoms with E-state index >= 15 is 0 Å². The summed E-state index contributed by atoms with van der Waals surface area (Å²) in [5.41, 5.74) is 0.890. The number of phenolic OH excluding ortho intramolecular Hbond substituents is 1. The number of hydrogen-bond acceptors (Lipinski definition) is 2. The lowest BCUT2D eigenvalue weighted by Gasteiger charge is -2.29. The van der Waals surface area contributed by atoms with Crippen LogP contribution in [0.5, 0.6) is 5.75 Å². The molecule has 3 heteroatoms. The molecule has 2 unspecified atom stereocenters. The molecule has 1 aromatic carbocycles. The molecule has 1 saturated carbocycles. The quantitative estimate of drug-likeness (QED) is 0.861. The summed E-state index contributed by atoms with van der Waals surface area (Å²) < 4.78 is 0. The zero-order valence-corrected chi connectivity index (χ0v) is 11.7. The van der Waals surface area contributed by atoms with E-state index in [4.69, 9.17) is 11.6 Å². The van der Waals surface area contributed by atoms with Crippen molar-refractivity contribution in [2.75, 3.05) is 0 Å². The van der Waals surface area contributed by atoms with Crippen LogP contribution in [-0.2, 0) is 6.54 Å². The van der Waals surface area contributed by atoms with Crippen LogP contribution in [0.2, 0.25) is 5.02 Å². The van der Waals surface area contributed by atoms with Gasteiger partial charge < -0.3 is 10.4 Å². The lowest BCUT2D eigenvalue weighted by Crippen LogP contribution is -2.33. The number of nitrogens with one attached hydrogen (secondary N) is 1. The lowest BCUT2D eigenvalue weighted by molar-refractivity contribution is 0.277. The first-order chi connectivity index (χ1) is 8.69. The van der Waals surface area contributed by atoms with Crippen molar-refractivity contribution in [2.24, 2.45) is 5.92 Å². The molecule has 1 fully saturated rings. The Morgan fingerprint density at radius 3 is 3.00 bits per heavy atom. The minimum absolute atomic E-state index is 0.328. The molecule has 2 atom stereocenters. The summed E-state index contributed by atoms with van der Waals surface area (Å²) in [6.45, 7) is 2.98. The summed E-state index contributed by atoms with van der Waals surface area (Å²) in [6.07, 6.45) is 6.48. The van der Waals surface area contributed by atoms with Crippen LogP contribution in [0.3, 0.4) is 0 Å². The van der Waals surface area contributed by atoms with Gasteiger partial charge in [0, 0.05) is 23.2 Å². The molecule has 0 bridgehead atoms. The molecule has 0 aromatic heterocycles. The molecule has 0 spiro atoms. The maximum absolute atomic E-state index is 9.76. The number of benzene rings is 1. The molecule has 0 heterocycles. The Hall–Kier alpha value is -0.730. The van der Waals surface area contributed by atoms with E-state index in [1.165, 1.54) is 32.1 Å². The molecule has 1 aromatic rings. The standard InChI is InChI=1S/C15H22ClNO/c1-2-11-4-3-5-14(8-11)17-10-12-9-13(16)6-7-15(12)18/h6-7,9,11,14,17-18H,2-5,8,10H2,1H3. The zero-order chi connectivity index (χ0) is 13.0. The van der Waals surface area contributed by atoms with Gasteiger partial charge in [0.15, 0.2) is 0 Å². The van der Waals surface area contributed by atoms with Gasteiger partial charge in [-0.25, -0.2) is 0 Å². The van der Waals surface area contributed by atoms with Crippen molar-refractivity contribution in [3.05, 3.63) is 28.8 Å². The number of aromatic hydroxyl groups is 1. The topological polar surface area (TPSA) is 32.3 Å². The maximum atomic E-state index is 9.76. The van der Waals surface area contributed by atoms with Gasteiger partial charge in [0.25, 0.3) is 0 Å². The molecule has 2 N–H and O–H groups in total. The number of hydrogen-bond donors (Lipinski definition) is 2. The Balaban J connectivity index is 1.89. The first kappa shape index (κ1) is 13.7. The molecular weight excluding hydrogens is 246 g/mol. The molecule has 0 radical (unpaired) electrons. The van der Waals surface area contributed by atoms with E-state index in [9.17, 15) is 5.11 Å². The number of rotatable bonds is 4. The Morgan fingerprint density at radius 2 is 2.22 bits per heavy atom. The van der Waals surface area contributed by atoms with Crippen molar-refractivity contribution < 1.29 is 5.11 Å². The fraction of sp³-hybridized carbons (Fsp3) is 0.600. The highest BCUT2D eigenvalue weighted by atomic mass is 35.5. The molecule has 2 nitrogen and oxygen atoms in total. The van der Waals surface area contributed by atoms with Crippen LogP contribution in [0, 0.1) is 5.92 Å². The Morgan fingerprint density at radius 1 is 1.39 bits per heavy atom. The van der Waals surface area contributed by atoms with Crippen LogP contribution < -0.4 is 5.32 Å². The third-order valence-electron chi connectivity index (χ3n) is 3.98. The van der Waals surface area contributed by atoms with E-state index in [1.54, 1.807) is 12.1 Å². The van der Waals surface area contributed by atoms with Gasteiger partial charge in [0.05, 0.1) is 0 Å². The monoisotopic (exact) mass is 267 g/mol. The molecular formula is C15H22ClNO. The molecule has 1 aliphatic rings. The zero-order valence-electron chi connectivity index (χ0n) is 11.0. The Bertz CT molecular complexity index is 394. The predicted molar refractivity (Wildman–Crippen MR) is 76.0 cm³/mol. The lowest BCUT2D eigenvalue weighted by atomic mass is 9.84. The van der Waals surface area contributed by atoms with E-state index < -0.39 is 0 Å². The third kappa shape index (κ3) is 3.63. The normalized spacial score (nSPS) is 24.1. The van der Waals surface area contributed by atoms with Crippen LogP contribution in [0.25, 0.3) is 0 Å². The van der Waals surface area contributed by atoms with Gasteiger partial charge in [-0.2, -0.15) is 0 Å². The van der Waals surface area contributed by atoms with Crippen LogP contribution in [0.4, 0.5) is 0 Å². The minimum Gasteiger partial charge on any atom is -0.508 e. The third-order valence-corrected chi connectivity index (χ3v) is 4.22. The summed E-state index contributed by atoms with van der Waals surface area (Å²) in [5, 5.41) is 14.0. The van der Waals surface area contributed by atoms with Gasteiger partial charge in [-0.15, -0.1) is 0 Å². The highest BCUT2D eigenvalue weighted by molar-refractivity contribution is 6.30. The summed E-state index contributed by atoms with van der Waals surface area (Å²) >= 11 is 5.95. The highest BCUT2D eigenvalue weighted by Crippen LogP contribution is 2.27. The fourth-order valence-electron chi connectivity index (χ4n) is 2.80. The smallest absolute Gasteiger partial charge is 0.120 e. The van der Waals surface area contributed by atoms with E-state index in [0.717, 1.165) is 11.5 Å². The molecule has 0 aliphatic heterocycles. The fourth-order valence-corrected chi connectivity index (χ4v) is 2.99. The van der Waals surface area contributed by atoms with E-state index in [0.29, 0.717) is 23.4 Å². The second kappa shape index (κ2) is 6.44. The van der Waals surface area contributed by atoms with Crippen molar-refractivity contribution in [2.45, 2.75) is 51.6 Å². The first-order valence-electron chi connectivity index (χ1n) is 6.89. The van der Waals surface area contributed by atoms with Crippen molar-refractivity contribution >= 4 is 11.6 Å². The predicted octanol–water partition coefficient (Wildman–Crippen LogP) is 4.10. The average molecular weight is 268 g/mol. The van der Waals surface area contributed by atoms with Gasteiger partial charge in [0.2, 0.25) is 0 Å². The van der Waals surface area contributed by atoms with E-state index in [2.05, 4.69) is 12.2 Å². The van der Waals surface area contributed by atoms with Gasteiger partial charge in [0.1, 0.15) is 5.75 Å². The van der Waals surface area contributed by atoms with Gasteiger partial charge in [-0.3, -0.25) is 0 Å². The SMILES string of the molecule is CCC1CCCC(NCc2cc(Cl)ccc2O)C1. The second-order valence-corrected chi connectivity index (χ2v) is 5.73. The molecule has 2 rings (SSSR count). The van der Waals surface area contributed by atoms with E-state index in [-0.39, 0.29) is 0 Å². The summed E-state index contributed by atoms with van der Waals surface area (Å²) in [4.78, 5) is 0. The van der Waals surface area contributed by atoms with E-state index in [1.807, 2.05) is 6.07 Å². The Kier molecular flexibility index (Phi) is 4.90. The van der Waals surface area contributed by atoms with Crippen molar-refractivity contribution in [1.29, 1.82) is 0 Å². The summed E-state index contributed by atoms with van der Waals surface area (Å²) in [7, 11) is 0. The Labute approximate surface area is 114 Å². The van der Waals surface area contributed by atoms with Crippen LogP contribution in [-0.4, -0.2) is 11.1 Å². The summed E-state index contributed by atoms with van der Waals surface area (Å²) in [6, 6.07) is 5.80. The van der Waals surface area contributed by atoms with Gasteiger partial charge in [-0.1, -0.05) is 37.8 Å². The highest BCUT2D eigenvalue weighted by Gasteiger charge is 2.20. The van der Waals surface area contributed by atoms with Crippen molar-refractivity contribution in [1.82, 2.24) is 5.32 Å². The molecule has 0 saturated heterocycles. The van der Waals surface area contributed by atoms with Crippen LogP contribution in [0.1, 0.15) is 44.6 Å². The molecule has 0 amide bonds. The maximum Gasteiger partial charge on any atom is 0.120 e. The van der Waals surface area contributed by atoms with Crippen LogP contribution in [0.15, 0.2) is 18.2 Å². The van der Waals surface area contributed by atoms with Crippen molar-refractivity contribution in [3.63, 3.8) is 0 Å². The molecule has 100 valence electrons. The van der Waals surface area contributed by atoms with Gasteiger partial charge >= 0.3 is 0 Å². The van der Waals surface area contributed by atoms with Crippen molar-refractivity contribution in [3.8, 4) is 5.75 Å². The minimum atomic E-state index is 0.328. The molecule has 1 aliphatic carbocycles. The largest absolute Gasteiger partial charge is 0.508 e. The average Bonchev–Trinajstić information content (AvgIpc) is 2.40. The van der Waals surface area contributed by atoms with Crippen LogP contribution >= 0.6 is 11.6 Å². The van der Waals surface area contributed by atoms with Gasteiger partial charge in [-0.05, 0) is 37.0 Å². The molecule has 18 heavy (non-hydrogen) atoms.